The molecule has 0 aliphatic carbocycles. The Kier molecular flexibility index (Phi) is 7.48. The predicted molar refractivity (Wildman–Crippen MR) is 114 cm³/mol. The molecule has 0 aliphatic rings. The van der Waals surface area contributed by atoms with Gasteiger partial charge in [0.15, 0.2) is 0 Å². The normalized spacial score (nSPS) is 10.6. The van der Waals surface area contributed by atoms with Crippen molar-refractivity contribution in [2.24, 2.45) is 0 Å². The molecule has 0 atom stereocenters. The second-order valence-corrected chi connectivity index (χ2v) is 8.11. The van der Waals surface area contributed by atoms with Crippen LogP contribution in [0.5, 0.6) is 0 Å². The SMILES string of the molecule is Cc1cc(C)c(NC(=O)CNC(=O)CCSc2ccc(C)c(C)c2)c(C)c1. The number of carbonyl (C=O) groups is 2. The first kappa shape index (κ1) is 21.0. The standard InChI is InChI=1S/C22H28N2O2S/c1-14-10-17(4)22(18(5)11-14)24-21(26)13-23-20(25)8-9-27-19-7-6-15(2)16(3)12-19/h6-7,10-12H,8-9,13H2,1-5H3,(H,23,25)(H,24,26). The molecule has 2 amide bonds. The van der Waals surface area contributed by atoms with Crippen LogP contribution in [0.25, 0.3) is 0 Å². The first-order chi connectivity index (χ1) is 12.8. The van der Waals surface area contributed by atoms with Gasteiger partial charge in [0.25, 0.3) is 0 Å². The number of anilines is 1. The molecule has 27 heavy (non-hydrogen) atoms. The highest BCUT2D eigenvalue weighted by molar-refractivity contribution is 7.99. The van der Waals surface area contributed by atoms with Gasteiger partial charge in [-0.15, -0.1) is 11.8 Å². The molecular weight excluding hydrogens is 356 g/mol. The van der Waals surface area contributed by atoms with E-state index >= 15 is 0 Å². The highest BCUT2D eigenvalue weighted by atomic mass is 32.2. The lowest BCUT2D eigenvalue weighted by atomic mass is 10.1. The largest absolute Gasteiger partial charge is 0.347 e. The van der Waals surface area contributed by atoms with Gasteiger partial charge in [0, 0.05) is 22.8 Å². The number of rotatable bonds is 7. The Bertz CT molecular complexity index is 823. The summed E-state index contributed by atoms with van der Waals surface area (Å²) in [4.78, 5) is 25.3. The van der Waals surface area contributed by atoms with Crippen LogP contribution in [0.15, 0.2) is 35.2 Å². The molecule has 2 rings (SSSR count). The third-order valence-corrected chi connectivity index (χ3v) is 5.46. The van der Waals surface area contributed by atoms with Gasteiger partial charge in [0.2, 0.25) is 11.8 Å². The molecule has 0 aliphatic heterocycles. The summed E-state index contributed by atoms with van der Waals surface area (Å²) in [6.07, 6.45) is 0.382. The van der Waals surface area contributed by atoms with E-state index < -0.39 is 0 Å². The Morgan fingerprint density at radius 1 is 0.852 bits per heavy atom. The summed E-state index contributed by atoms with van der Waals surface area (Å²) in [6.45, 7) is 10.1. The van der Waals surface area contributed by atoms with Crippen molar-refractivity contribution in [2.75, 3.05) is 17.6 Å². The van der Waals surface area contributed by atoms with E-state index in [1.54, 1.807) is 11.8 Å². The zero-order valence-corrected chi connectivity index (χ0v) is 17.5. The van der Waals surface area contributed by atoms with Gasteiger partial charge in [-0.05, 0) is 69.0 Å². The van der Waals surface area contributed by atoms with Crippen molar-refractivity contribution >= 4 is 29.3 Å². The fourth-order valence-electron chi connectivity index (χ4n) is 2.89. The summed E-state index contributed by atoms with van der Waals surface area (Å²) in [5.41, 5.74) is 6.56. The van der Waals surface area contributed by atoms with Gasteiger partial charge < -0.3 is 10.6 Å². The zero-order valence-electron chi connectivity index (χ0n) is 16.7. The Labute approximate surface area is 166 Å². The molecule has 0 saturated heterocycles. The number of aryl methyl sites for hydroxylation is 5. The summed E-state index contributed by atoms with van der Waals surface area (Å²) in [6, 6.07) is 10.4. The zero-order chi connectivity index (χ0) is 20.0. The number of hydrogen-bond donors (Lipinski definition) is 2. The molecule has 0 bridgehead atoms. The van der Waals surface area contributed by atoms with Gasteiger partial charge in [0.05, 0.1) is 6.54 Å². The highest BCUT2D eigenvalue weighted by Crippen LogP contribution is 2.22. The number of amides is 2. The topological polar surface area (TPSA) is 58.2 Å². The molecule has 0 radical (unpaired) electrons. The van der Waals surface area contributed by atoms with Gasteiger partial charge in [-0.3, -0.25) is 9.59 Å². The van der Waals surface area contributed by atoms with Gasteiger partial charge in [-0.25, -0.2) is 0 Å². The average molecular weight is 385 g/mol. The van der Waals surface area contributed by atoms with Crippen LogP contribution >= 0.6 is 11.8 Å². The smallest absolute Gasteiger partial charge is 0.243 e. The maximum atomic E-state index is 12.1. The van der Waals surface area contributed by atoms with Crippen LogP contribution in [0.1, 0.15) is 34.2 Å². The van der Waals surface area contributed by atoms with Crippen molar-refractivity contribution in [1.29, 1.82) is 0 Å². The van der Waals surface area contributed by atoms with E-state index in [0.717, 1.165) is 27.3 Å². The maximum absolute atomic E-state index is 12.1. The highest BCUT2D eigenvalue weighted by Gasteiger charge is 2.10. The second kappa shape index (κ2) is 9.60. The quantitative estimate of drug-likeness (QED) is 0.693. The Morgan fingerprint density at radius 2 is 1.52 bits per heavy atom. The number of benzene rings is 2. The predicted octanol–water partition coefficient (Wildman–Crippen LogP) is 4.47. The monoisotopic (exact) mass is 384 g/mol. The van der Waals surface area contributed by atoms with Crippen molar-refractivity contribution in [2.45, 2.75) is 45.9 Å². The molecule has 0 heterocycles. The van der Waals surface area contributed by atoms with Crippen molar-refractivity contribution < 1.29 is 9.59 Å². The second-order valence-electron chi connectivity index (χ2n) is 6.94. The summed E-state index contributed by atoms with van der Waals surface area (Å²) in [5, 5.41) is 5.59. The Balaban J connectivity index is 1.75. The van der Waals surface area contributed by atoms with Crippen molar-refractivity contribution in [3.63, 3.8) is 0 Å². The van der Waals surface area contributed by atoms with Gasteiger partial charge in [-0.2, -0.15) is 0 Å². The summed E-state index contributed by atoms with van der Waals surface area (Å²) < 4.78 is 0. The average Bonchev–Trinajstić information content (AvgIpc) is 2.59. The number of nitrogens with one attached hydrogen (secondary N) is 2. The minimum atomic E-state index is -0.208. The van der Waals surface area contributed by atoms with E-state index in [0.29, 0.717) is 12.2 Å². The molecule has 0 aromatic heterocycles. The van der Waals surface area contributed by atoms with E-state index in [4.69, 9.17) is 0 Å². The molecule has 4 nitrogen and oxygen atoms in total. The lowest BCUT2D eigenvalue weighted by Crippen LogP contribution is -2.33. The molecule has 144 valence electrons. The molecule has 0 fully saturated rings. The van der Waals surface area contributed by atoms with E-state index in [1.165, 1.54) is 11.1 Å². The van der Waals surface area contributed by atoms with Crippen LogP contribution in [-0.4, -0.2) is 24.1 Å². The summed E-state index contributed by atoms with van der Waals surface area (Å²) >= 11 is 1.65. The molecular formula is C22H28N2O2S. The number of carbonyl (C=O) groups excluding carboxylic acids is 2. The lowest BCUT2D eigenvalue weighted by molar-refractivity contribution is -0.123. The fourth-order valence-corrected chi connectivity index (χ4v) is 3.84. The van der Waals surface area contributed by atoms with Crippen molar-refractivity contribution in [3.8, 4) is 0 Å². The summed E-state index contributed by atoms with van der Waals surface area (Å²) in [5.74, 6) is 0.366. The van der Waals surface area contributed by atoms with Crippen molar-refractivity contribution in [1.82, 2.24) is 5.32 Å². The number of thioether (sulfide) groups is 1. The fraction of sp³-hybridized carbons (Fsp3) is 0.364. The maximum Gasteiger partial charge on any atom is 0.243 e. The Morgan fingerprint density at radius 3 is 2.15 bits per heavy atom. The molecule has 5 heteroatoms. The van der Waals surface area contributed by atoms with Crippen molar-refractivity contribution in [3.05, 3.63) is 58.1 Å². The molecule has 0 unspecified atom stereocenters. The van der Waals surface area contributed by atoms with Crippen LogP contribution in [0.2, 0.25) is 0 Å². The van der Waals surface area contributed by atoms with E-state index in [-0.39, 0.29) is 18.4 Å². The first-order valence-corrected chi connectivity index (χ1v) is 10.1. The minimum Gasteiger partial charge on any atom is -0.347 e. The first-order valence-electron chi connectivity index (χ1n) is 9.10. The minimum absolute atomic E-state index is 0.0140. The molecule has 2 N–H and O–H groups in total. The molecule has 0 spiro atoms. The Hall–Kier alpha value is -2.27. The van der Waals surface area contributed by atoms with Crippen LogP contribution in [-0.2, 0) is 9.59 Å². The van der Waals surface area contributed by atoms with E-state index in [2.05, 4.69) is 42.7 Å². The molecule has 2 aromatic rings. The third-order valence-electron chi connectivity index (χ3n) is 4.46. The molecule has 0 saturated carbocycles. The van der Waals surface area contributed by atoms with Gasteiger partial charge in [0.1, 0.15) is 0 Å². The third kappa shape index (κ3) is 6.43. The van der Waals surface area contributed by atoms with E-state index in [9.17, 15) is 9.59 Å². The van der Waals surface area contributed by atoms with Crippen LogP contribution in [0, 0.1) is 34.6 Å². The van der Waals surface area contributed by atoms with Gasteiger partial charge in [-0.1, -0.05) is 23.8 Å². The van der Waals surface area contributed by atoms with Gasteiger partial charge >= 0.3 is 0 Å². The molecule has 2 aromatic carbocycles. The summed E-state index contributed by atoms with van der Waals surface area (Å²) in [7, 11) is 0. The number of hydrogen-bond acceptors (Lipinski definition) is 3. The van der Waals surface area contributed by atoms with Crippen LogP contribution < -0.4 is 10.6 Å². The van der Waals surface area contributed by atoms with E-state index in [1.807, 2.05) is 32.9 Å². The van der Waals surface area contributed by atoms with Crippen LogP contribution in [0.3, 0.4) is 0 Å². The lowest BCUT2D eigenvalue weighted by Gasteiger charge is -2.13. The van der Waals surface area contributed by atoms with Crippen LogP contribution in [0.4, 0.5) is 5.69 Å².